The van der Waals surface area contributed by atoms with Crippen LogP contribution in [-0.4, -0.2) is 0 Å². The summed E-state index contributed by atoms with van der Waals surface area (Å²) in [5.74, 6) is 0. The number of halogens is 1. The Morgan fingerprint density at radius 1 is 1.36 bits per heavy atom. The molecule has 0 aliphatic heterocycles. The summed E-state index contributed by atoms with van der Waals surface area (Å²) in [6.45, 7) is 2.25. The molecule has 0 fully saturated rings. The Bertz CT molecular complexity index is 363. The van der Waals surface area contributed by atoms with Crippen molar-refractivity contribution in [2.45, 2.75) is 32.6 Å². The van der Waals surface area contributed by atoms with E-state index in [0.717, 1.165) is 6.42 Å². The SMILES string of the molecule is CCCCC1=CCc2ccc(Br)cc21. The van der Waals surface area contributed by atoms with E-state index in [4.69, 9.17) is 0 Å². The third-order valence-corrected chi connectivity index (χ3v) is 3.28. The molecule has 0 radical (unpaired) electrons. The monoisotopic (exact) mass is 250 g/mol. The predicted octanol–water partition coefficient (Wildman–Crippen LogP) is 4.58. The summed E-state index contributed by atoms with van der Waals surface area (Å²) in [4.78, 5) is 0. The quantitative estimate of drug-likeness (QED) is 0.737. The van der Waals surface area contributed by atoms with Crippen molar-refractivity contribution in [3.8, 4) is 0 Å². The van der Waals surface area contributed by atoms with Gasteiger partial charge in [-0.1, -0.05) is 41.4 Å². The van der Waals surface area contributed by atoms with Crippen LogP contribution in [0.4, 0.5) is 0 Å². The number of unbranched alkanes of at least 4 members (excludes halogenated alkanes) is 1. The van der Waals surface area contributed by atoms with Gasteiger partial charge in [-0.3, -0.25) is 0 Å². The fraction of sp³-hybridized carbons (Fsp3) is 0.385. The van der Waals surface area contributed by atoms with Gasteiger partial charge >= 0.3 is 0 Å². The summed E-state index contributed by atoms with van der Waals surface area (Å²) in [7, 11) is 0. The zero-order chi connectivity index (χ0) is 9.97. The Morgan fingerprint density at radius 2 is 2.21 bits per heavy atom. The van der Waals surface area contributed by atoms with Crippen LogP contribution in [-0.2, 0) is 6.42 Å². The standard InChI is InChI=1S/C13H15Br/c1-2-3-4-10-5-6-11-7-8-12(14)9-13(10)11/h5,7-9H,2-4,6H2,1H3. The summed E-state index contributed by atoms with van der Waals surface area (Å²) in [5, 5.41) is 0. The van der Waals surface area contributed by atoms with Gasteiger partial charge in [-0.2, -0.15) is 0 Å². The van der Waals surface area contributed by atoms with Gasteiger partial charge in [-0.05, 0) is 48.1 Å². The Labute approximate surface area is 94.2 Å². The first-order valence-electron chi connectivity index (χ1n) is 5.29. The van der Waals surface area contributed by atoms with Crippen molar-refractivity contribution in [3.05, 3.63) is 39.9 Å². The molecule has 1 aromatic rings. The lowest BCUT2D eigenvalue weighted by Gasteiger charge is -2.05. The van der Waals surface area contributed by atoms with Gasteiger partial charge in [0, 0.05) is 4.47 Å². The van der Waals surface area contributed by atoms with E-state index in [2.05, 4.69) is 47.1 Å². The molecule has 0 saturated heterocycles. The molecule has 0 amide bonds. The first-order chi connectivity index (χ1) is 6.81. The number of fused-ring (bicyclic) bond motifs is 1. The molecule has 0 N–H and O–H groups in total. The molecule has 1 aliphatic carbocycles. The molecular formula is C13H15Br. The maximum Gasteiger partial charge on any atom is 0.0181 e. The second kappa shape index (κ2) is 4.31. The minimum atomic E-state index is 1.13. The van der Waals surface area contributed by atoms with Gasteiger partial charge in [0.05, 0.1) is 0 Å². The lowest BCUT2D eigenvalue weighted by Crippen LogP contribution is -1.85. The van der Waals surface area contributed by atoms with E-state index in [9.17, 15) is 0 Å². The number of hydrogen-bond acceptors (Lipinski definition) is 0. The average Bonchev–Trinajstić information content (AvgIpc) is 2.57. The second-order valence-corrected chi connectivity index (χ2v) is 4.75. The van der Waals surface area contributed by atoms with Crippen molar-refractivity contribution in [2.75, 3.05) is 0 Å². The van der Waals surface area contributed by atoms with Gasteiger partial charge in [0.15, 0.2) is 0 Å². The molecule has 14 heavy (non-hydrogen) atoms. The van der Waals surface area contributed by atoms with Crippen molar-refractivity contribution in [3.63, 3.8) is 0 Å². The van der Waals surface area contributed by atoms with E-state index in [0.29, 0.717) is 0 Å². The third-order valence-electron chi connectivity index (χ3n) is 2.79. The van der Waals surface area contributed by atoms with Crippen molar-refractivity contribution in [1.29, 1.82) is 0 Å². The molecule has 74 valence electrons. The fourth-order valence-electron chi connectivity index (χ4n) is 1.97. The van der Waals surface area contributed by atoms with Crippen LogP contribution < -0.4 is 0 Å². The maximum atomic E-state index is 3.53. The summed E-state index contributed by atoms with van der Waals surface area (Å²) in [6, 6.07) is 6.62. The smallest absolute Gasteiger partial charge is 0.0181 e. The first-order valence-corrected chi connectivity index (χ1v) is 6.08. The van der Waals surface area contributed by atoms with Crippen LogP contribution in [0.15, 0.2) is 28.7 Å². The van der Waals surface area contributed by atoms with Crippen molar-refractivity contribution in [2.24, 2.45) is 0 Å². The van der Waals surface area contributed by atoms with Gasteiger partial charge in [-0.15, -0.1) is 0 Å². The van der Waals surface area contributed by atoms with Crippen molar-refractivity contribution >= 4 is 21.5 Å². The summed E-state index contributed by atoms with van der Waals surface area (Å²) in [5.41, 5.74) is 4.50. The molecule has 0 nitrogen and oxygen atoms in total. The predicted molar refractivity (Wildman–Crippen MR) is 65.3 cm³/mol. The zero-order valence-corrected chi connectivity index (χ0v) is 10.1. The van der Waals surface area contributed by atoms with Crippen LogP contribution in [0.1, 0.15) is 37.3 Å². The lowest BCUT2D eigenvalue weighted by molar-refractivity contribution is 0.825. The molecule has 1 aromatic carbocycles. The van der Waals surface area contributed by atoms with Gasteiger partial charge in [0.1, 0.15) is 0 Å². The van der Waals surface area contributed by atoms with Crippen LogP contribution in [0.25, 0.3) is 5.57 Å². The van der Waals surface area contributed by atoms with E-state index in [1.165, 1.54) is 34.9 Å². The molecule has 0 unspecified atom stereocenters. The number of allylic oxidation sites excluding steroid dienone is 2. The number of hydrogen-bond donors (Lipinski definition) is 0. The van der Waals surface area contributed by atoms with E-state index in [1.54, 1.807) is 5.57 Å². The van der Waals surface area contributed by atoms with Gasteiger partial charge in [0.2, 0.25) is 0 Å². The Morgan fingerprint density at radius 3 is 3.00 bits per heavy atom. The molecule has 2 rings (SSSR count). The molecule has 0 atom stereocenters. The first kappa shape index (κ1) is 9.97. The van der Waals surface area contributed by atoms with Crippen molar-refractivity contribution in [1.82, 2.24) is 0 Å². The highest BCUT2D eigenvalue weighted by Gasteiger charge is 2.13. The van der Waals surface area contributed by atoms with Gasteiger partial charge in [0.25, 0.3) is 0 Å². The summed E-state index contributed by atoms with van der Waals surface area (Å²) >= 11 is 3.53. The van der Waals surface area contributed by atoms with E-state index < -0.39 is 0 Å². The number of benzene rings is 1. The molecule has 0 bridgehead atoms. The van der Waals surface area contributed by atoms with Crippen molar-refractivity contribution < 1.29 is 0 Å². The molecule has 1 heteroatoms. The molecule has 0 saturated carbocycles. The molecule has 0 spiro atoms. The summed E-state index contributed by atoms with van der Waals surface area (Å²) in [6.07, 6.45) is 7.33. The molecule has 1 aliphatic rings. The normalized spacial score (nSPS) is 14.0. The highest BCUT2D eigenvalue weighted by molar-refractivity contribution is 9.10. The maximum absolute atomic E-state index is 3.53. The summed E-state index contributed by atoms with van der Waals surface area (Å²) < 4.78 is 1.19. The number of rotatable bonds is 3. The second-order valence-electron chi connectivity index (χ2n) is 3.84. The highest BCUT2D eigenvalue weighted by Crippen LogP contribution is 2.32. The molecule has 0 heterocycles. The van der Waals surface area contributed by atoms with Crippen LogP contribution in [0.5, 0.6) is 0 Å². The van der Waals surface area contributed by atoms with Gasteiger partial charge < -0.3 is 0 Å². The van der Waals surface area contributed by atoms with Crippen LogP contribution >= 0.6 is 15.9 Å². The average molecular weight is 251 g/mol. The highest BCUT2D eigenvalue weighted by atomic mass is 79.9. The molecular weight excluding hydrogens is 236 g/mol. The minimum absolute atomic E-state index is 1.13. The van der Waals surface area contributed by atoms with Crippen LogP contribution in [0, 0.1) is 0 Å². The van der Waals surface area contributed by atoms with E-state index in [-0.39, 0.29) is 0 Å². The molecule has 0 aromatic heterocycles. The Hall–Kier alpha value is -0.560. The fourth-order valence-corrected chi connectivity index (χ4v) is 2.33. The van der Waals surface area contributed by atoms with Crippen LogP contribution in [0.2, 0.25) is 0 Å². The van der Waals surface area contributed by atoms with E-state index in [1.807, 2.05) is 0 Å². The largest absolute Gasteiger partial charge is 0.0763 e. The van der Waals surface area contributed by atoms with Crippen LogP contribution in [0.3, 0.4) is 0 Å². The third kappa shape index (κ3) is 1.93. The minimum Gasteiger partial charge on any atom is -0.0763 e. The Kier molecular flexibility index (Phi) is 3.07. The topological polar surface area (TPSA) is 0 Å². The van der Waals surface area contributed by atoms with Gasteiger partial charge in [-0.25, -0.2) is 0 Å². The Balaban J connectivity index is 2.22. The van der Waals surface area contributed by atoms with E-state index >= 15 is 0 Å². The lowest BCUT2D eigenvalue weighted by atomic mass is 10.0. The zero-order valence-electron chi connectivity index (χ0n) is 8.52.